The zero-order valence-electron chi connectivity index (χ0n) is 15.9. The van der Waals surface area contributed by atoms with Crippen LogP contribution in [-0.4, -0.2) is 24.1 Å². The molecule has 0 spiro atoms. The third kappa shape index (κ3) is 4.71. The first-order valence-electron chi connectivity index (χ1n) is 9.35. The van der Waals surface area contributed by atoms with E-state index in [0.717, 1.165) is 12.0 Å². The van der Waals surface area contributed by atoms with Crippen molar-refractivity contribution in [3.05, 3.63) is 76.1 Å². The molecule has 1 N–H and O–H groups in total. The number of nitrogens with one attached hydrogen (secondary N) is 1. The van der Waals surface area contributed by atoms with E-state index in [2.05, 4.69) is 26.2 Å². The van der Waals surface area contributed by atoms with Gasteiger partial charge < -0.3 is 19.5 Å². The molecule has 0 aliphatic carbocycles. The van der Waals surface area contributed by atoms with Crippen LogP contribution in [0.4, 0.5) is 4.39 Å². The highest BCUT2D eigenvalue weighted by molar-refractivity contribution is 9.10. The zero-order chi connectivity index (χ0) is 20.9. The number of halogens is 2. The molecule has 6 nitrogen and oxygen atoms in total. The summed E-state index contributed by atoms with van der Waals surface area (Å²) in [6.07, 6.45) is 2.35. The molecule has 0 radical (unpaired) electrons. The fourth-order valence-corrected chi connectivity index (χ4v) is 3.33. The molecule has 0 saturated heterocycles. The average molecular weight is 473 g/mol. The Hall–Kier alpha value is -3.13. The van der Waals surface area contributed by atoms with Crippen LogP contribution in [0.1, 0.15) is 22.3 Å². The molecule has 0 saturated carbocycles. The predicted molar refractivity (Wildman–Crippen MR) is 112 cm³/mol. The lowest BCUT2D eigenvalue weighted by Gasteiger charge is -2.12. The quantitative estimate of drug-likeness (QED) is 0.573. The summed E-state index contributed by atoms with van der Waals surface area (Å²) >= 11 is 3.25. The number of benzene rings is 2. The fourth-order valence-electron chi connectivity index (χ4n) is 2.90. The molecule has 1 aliphatic rings. The van der Waals surface area contributed by atoms with E-state index in [1.165, 1.54) is 24.4 Å². The lowest BCUT2D eigenvalue weighted by molar-refractivity contribution is 0.0948. The number of amides is 1. The van der Waals surface area contributed by atoms with Gasteiger partial charge in [0.15, 0.2) is 11.5 Å². The van der Waals surface area contributed by atoms with Gasteiger partial charge in [-0.1, -0.05) is 6.07 Å². The molecule has 8 heteroatoms. The van der Waals surface area contributed by atoms with Crippen LogP contribution in [0.2, 0.25) is 0 Å². The maximum atomic E-state index is 13.3. The van der Waals surface area contributed by atoms with Crippen LogP contribution < -0.4 is 19.5 Å². The molecule has 1 aromatic heterocycles. The molecule has 3 aromatic rings. The van der Waals surface area contributed by atoms with E-state index >= 15 is 0 Å². The van der Waals surface area contributed by atoms with E-state index < -0.39 is 5.82 Å². The Labute approximate surface area is 181 Å². The van der Waals surface area contributed by atoms with E-state index in [9.17, 15) is 9.18 Å². The summed E-state index contributed by atoms with van der Waals surface area (Å²) in [5.41, 5.74) is 1.14. The molecule has 2 heterocycles. The molecule has 0 unspecified atom stereocenters. The molecule has 1 aliphatic heterocycles. The van der Waals surface area contributed by atoms with E-state index in [4.69, 9.17) is 14.2 Å². The van der Waals surface area contributed by atoms with Gasteiger partial charge in [0, 0.05) is 19.2 Å². The second kappa shape index (κ2) is 9.13. The molecular formula is C22H18BrFN2O4. The number of fused-ring (bicyclic) bond motifs is 1. The van der Waals surface area contributed by atoms with Gasteiger partial charge in [0.1, 0.15) is 17.1 Å². The van der Waals surface area contributed by atoms with Crippen molar-refractivity contribution in [1.29, 1.82) is 0 Å². The van der Waals surface area contributed by atoms with Crippen LogP contribution in [0.5, 0.6) is 23.1 Å². The number of hydrogen-bond donors (Lipinski definition) is 1. The lowest BCUT2D eigenvalue weighted by Crippen LogP contribution is -2.23. The highest BCUT2D eigenvalue weighted by atomic mass is 79.9. The number of rotatable bonds is 5. The Bertz CT molecular complexity index is 1080. The van der Waals surface area contributed by atoms with Crippen LogP contribution in [0.25, 0.3) is 0 Å². The minimum absolute atomic E-state index is 0.126. The van der Waals surface area contributed by atoms with Crippen LogP contribution in [0.3, 0.4) is 0 Å². The van der Waals surface area contributed by atoms with Gasteiger partial charge in [-0.25, -0.2) is 9.37 Å². The van der Waals surface area contributed by atoms with Gasteiger partial charge in [-0.2, -0.15) is 0 Å². The van der Waals surface area contributed by atoms with Gasteiger partial charge in [0.25, 0.3) is 5.91 Å². The normalized spacial score (nSPS) is 12.7. The second-order valence-corrected chi connectivity index (χ2v) is 7.40. The standard InChI is InChI=1S/C22H18BrFN2O4/c23-17-12-15(24)5-7-18(17)30-22-16(3-1-8-25-22)21(27)26-13-14-4-6-19-20(11-14)29-10-2-9-28-19/h1,3-8,11-12H,2,9-10,13H2,(H,26,27). The highest BCUT2D eigenvalue weighted by Gasteiger charge is 2.16. The molecule has 4 rings (SSSR count). The lowest BCUT2D eigenvalue weighted by atomic mass is 10.2. The predicted octanol–water partition coefficient (Wildman–Crippen LogP) is 4.87. The van der Waals surface area contributed by atoms with Crippen molar-refractivity contribution in [3.8, 4) is 23.1 Å². The number of nitrogens with zero attached hydrogens (tertiary/aromatic N) is 1. The highest BCUT2D eigenvalue weighted by Crippen LogP contribution is 2.32. The molecule has 2 aromatic carbocycles. The van der Waals surface area contributed by atoms with Crippen molar-refractivity contribution in [3.63, 3.8) is 0 Å². The van der Waals surface area contributed by atoms with Gasteiger partial charge >= 0.3 is 0 Å². The topological polar surface area (TPSA) is 69.7 Å². The van der Waals surface area contributed by atoms with Gasteiger partial charge in [-0.15, -0.1) is 0 Å². The molecule has 154 valence electrons. The molecule has 0 atom stereocenters. The van der Waals surface area contributed by atoms with Crippen molar-refractivity contribution in [2.45, 2.75) is 13.0 Å². The Morgan fingerprint density at radius 2 is 1.97 bits per heavy atom. The van der Waals surface area contributed by atoms with Crippen molar-refractivity contribution >= 4 is 21.8 Å². The maximum Gasteiger partial charge on any atom is 0.257 e. The summed E-state index contributed by atoms with van der Waals surface area (Å²) in [6.45, 7) is 1.51. The minimum Gasteiger partial charge on any atom is -0.490 e. The van der Waals surface area contributed by atoms with Crippen LogP contribution in [-0.2, 0) is 6.54 Å². The van der Waals surface area contributed by atoms with Crippen molar-refractivity contribution in [2.75, 3.05) is 13.2 Å². The summed E-state index contributed by atoms with van der Waals surface area (Å²) in [7, 11) is 0. The zero-order valence-corrected chi connectivity index (χ0v) is 17.4. The van der Waals surface area contributed by atoms with Crippen LogP contribution >= 0.6 is 15.9 Å². The molecule has 0 bridgehead atoms. The smallest absolute Gasteiger partial charge is 0.257 e. The second-order valence-electron chi connectivity index (χ2n) is 6.55. The number of pyridine rings is 1. The van der Waals surface area contributed by atoms with E-state index in [-0.39, 0.29) is 17.4 Å². The molecule has 0 fully saturated rings. The third-order valence-corrected chi connectivity index (χ3v) is 5.00. The fraction of sp³-hybridized carbons (Fsp3) is 0.182. The number of carbonyl (C=O) groups excluding carboxylic acids is 1. The Balaban J connectivity index is 1.47. The van der Waals surface area contributed by atoms with Gasteiger partial charge in [-0.05, 0) is 64.0 Å². The first kappa shape index (κ1) is 20.2. The van der Waals surface area contributed by atoms with Gasteiger partial charge in [-0.3, -0.25) is 4.79 Å². The van der Waals surface area contributed by atoms with E-state index in [0.29, 0.717) is 41.5 Å². The molecule has 30 heavy (non-hydrogen) atoms. The summed E-state index contributed by atoms with van der Waals surface area (Å²) in [5.74, 6) is 1.11. The van der Waals surface area contributed by atoms with Gasteiger partial charge in [0.2, 0.25) is 5.88 Å². The summed E-state index contributed by atoms with van der Waals surface area (Å²) in [5, 5.41) is 2.86. The van der Waals surface area contributed by atoms with E-state index in [1.807, 2.05) is 18.2 Å². The number of carbonyl (C=O) groups is 1. The maximum absolute atomic E-state index is 13.3. The Kier molecular flexibility index (Phi) is 6.13. The first-order chi connectivity index (χ1) is 14.6. The summed E-state index contributed by atoms with van der Waals surface area (Å²) in [4.78, 5) is 16.9. The monoisotopic (exact) mass is 472 g/mol. The summed E-state index contributed by atoms with van der Waals surface area (Å²) < 4.78 is 30.8. The number of ether oxygens (including phenoxy) is 3. The Morgan fingerprint density at radius 3 is 2.80 bits per heavy atom. The van der Waals surface area contributed by atoms with Gasteiger partial charge in [0.05, 0.1) is 17.7 Å². The van der Waals surface area contributed by atoms with Crippen LogP contribution in [0, 0.1) is 5.82 Å². The van der Waals surface area contributed by atoms with Crippen molar-refractivity contribution < 1.29 is 23.4 Å². The van der Waals surface area contributed by atoms with Crippen molar-refractivity contribution in [1.82, 2.24) is 10.3 Å². The minimum atomic E-state index is -0.400. The molecular weight excluding hydrogens is 455 g/mol. The number of hydrogen-bond acceptors (Lipinski definition) is 5. The van der Waals surface area contributed by atoms with Crippen molar-refractivity contribution in [2.24, 2.45) is 0 Å². The number of aromatic nitrogens is 1. The van der Waals surface area contributed by atoms with E-state index in [1.54, 1.807) is 12.1 Å². The molecule has 1 amide bonds. The third-order valence-electron chi connectivity index (χ3n) is 4.38. The summed E-state index contributed by atoms with van der Waals surface area (Å²) in [6, 6.07) is 12.9. The first-order valence-corrected chi connectivity index (χ1v) is 10.1. The largest absolute Gasteiger partial charge is 0.490 e. The average Bonchev–Trinajstić information content (AvgIpc) is 2.99. The van der Waals surface area contributed by atoms with Crippen LogP contribution in [0.15, 0.2) is 59.2 Å². The SMILES string of the molecule is O=C(NCc1ccc2c(c1)OCCCO2)c1cccnc1Oc1ccc(F)cc1Br. The Morgan fingerprint density at radius 1 is 1.13 bits per heavy atom.